The van der Waals surface area contributed by atoms with Gasteiger partial charge in [0.05, 0.1) is 12.3 Å². The molecule has 0 spiro atoms. The summed E-state index contributed by atoms with van der Waals surface area (Å²) in [4.78, 5) is 10.7. The first-order valence-corrected chi connectivity index (χ1v) is 7.69. The molecule has 8 nitrogen and oxygen atoms in total. The molecule has 0 saturated heterocycles. The van der Waals surface area contributed by atoms with Crippen LogP contribution in [0.4, 0.5) is 0 Å². The monoisotopic (exact) mass is 305 g/mol. The van der Waals surface area contributed by atoms with Gasteiger partial charge in [0.1, 0.15) is 4.90 Å². The maximum absolute atomic E-state index is 12.5. The highest BCUT2D eigenvalue weighted by Crippen LogP contribution is 2.22. The Morgan fingerprint density at radius 3 is 2.55 bits per heavy atom. The van der Waals surface area contributed by atoms with Crippen LogP contribution in [-0.4, -0.2) is 58.8 Å². The van der Waals surface area contributed by atoms with Gasteiger partial charge < -0.3 is 10.2 Å². The molecular weight excluding hydrogens is 286 g/mol. The number of aliphatic hydroxyl groups is 1. The molecule has 0 radical (unpaired) electrons. The summed E-state index contributed by atoms with van der Waals surface area (Å²) in [6, 6.07) is 0. The molecule has 20 heavy (non-hydrogen) atoms. The molecule has 0 fully saturated rings. The van der Waals surface area contributed by atoms with Crippen molar-refractivity contribution < 1.29 is 23.4 Å². The smallest absolute Gasteiger partial charge is 0.357 e. The topological polar surface area (TPSA) is 124 Å². The number of aliphatic hydroxyl groups excluding tert-OH is 1. The molecule has 3 N–H and O–H groups in total. The number of aromatic carboxylic acids is 1. The van der Waals surface area contributed by atoms with E-state index in [4.69, 9.17) is 10.2 Å². The van der Waals surface area contributed by atoms with Crippen LogP contribution < -0.4 is 0 Å². The number of nitrogens with zero attached hydrogens (tertiary/aromatic N) is 2. The number of carboxylic acid groups (broad SMARTS) is 1. The summed E-state index contributed by atoms with van der Waals surface area (Å²) >= 11 is 0. The van der Waals surface area contributed by atoms with Crippen LogP contribution in [0.3, 0.4) is 0 Å². The third kappa shape index (κ3) is 3.35. The van der Waals surface area contributed by atoms with Crippen LogP contribution in [0.1, 0.15) is 35.9 Å². The molecule has 1 heterocycles. The predicted octanol–water partition coefficient (Wildman–Crippen LogP) is 0.199. The van der Waals surface area contributed by atoms with Gasteiger partial charge in [0, 0.05) is 13.1 Å². The third-order valence-corrected chi connectivity index (χ3v) is 4.86. The number of hydrogen-bond acceptors (Lipinski definition) is 5. The van der Waals surface area contributed by atoms with Gasteiger partial charge in [-0.3, -0.25) is 5.10 Å². The molecule has 1 rings (SSSR count). The number of carbonyl (C=O) groups is 1. The van der Waals surface area contributed by atoms with E-state index >= 15 is 0 Å². The minimum atomic E-state index is -4.00. The van der Waals surface area contributed by atoms with Crippen LogP contribution in [0.2, 0.25) is 0 Å². The summed E-state index contributed by atoms with van der Waals surface area (Å²) < 4.78 is 26.1. The van der Waals surface area contributed by atoms with Gasteiger partial charge in [-0.2, -0.15) is 9.40 Å². The Morgan fingerprint density at radius 2 is 2.05 bits per heavy atom. The van der Waals surface area contributed by atoms with Crippen molar-refractivity contribution in [1.29, 1.82) is 0 Å². The molecule has 0 atom stereocenters. The summed E-state index contributed by atoms with van der Waals surface area (Å²) in [5, 5.41) is 23.9. The fraction of sp³-hybridized carbons (Fsp3) is 0.636. The fourth-order valence-electron chi connectivity index (χ4n) is 1.81. The van der Waals surface area contributed by atoms with Crippen LogP contribution in [0, 0.1) is 6.92 Å². The predicted molar refractivity (Wildman–Crippen MR) is 71.0 cm³/mol. The van der Waals surface area contributed by atoms with Crippen LogP contribution in [0.5, 0.6) is 0 Å². The molecular formula is C11H19N3O5S. The number of aryl methyl sites for hydroxylation is 1. The Labute approximate surface area is 117 Å². The van der Waals surface area contributed by atoms with Crippen LogP contribution in [0.15, 0.2) is 4.90 Å². The van der Waals surface area contributed by atoms with Crippen molar-refractivity contribution in [3.8, 4) is 0 Å². The van der Waals surface area contributed by atoms with Crippen molar-refractivity contribution in [2.45, 2.75) is 31.6 Å². The van der Waals surface area contributed by atoms with Crippen molar-refractivity contribution in [3.05, 3.63) is 11.4 Å². The van der Waals surface area contributed by atoms with Crippen molar-refractivity contribution in [3.63, 3.8) is 0 Å². The Hall–Kier alpha value is -1.45. The van der Waals surface area contributed by atoms with Crippen molar-refractivity contribution in [2.24, 2.45) is 0 Å². The highest BCUT2D eigenvalue weighted by Gasteiger charge is 2.32. The van der Waals surface area contributed by atoms with E-state index in [0.29, 0.717) is 6.42 Å². The Bertz CT molecular complexity index is 567. The van der Waals surface area contributed by atoms with E-state index in [2.05, 4.69) is 10.2 Å². The minimum absolute atomic E-state index is 0.0774. The standard InChI is InChI=1S/C11H19N3O5S/c1-3-4-5-14(6-7-15)20(18,19)10-8(2)12-13-9(10)11(16)17/h15H,3-7H2,1-2H3,(H,12,13)(H,16,17). The molecule has 0 aromatic carbocycles. The molecule has 0 amide bonds. The molecule has 114 valence electrons. The summed E-state index contributed by atoms with van der Waals surface area (Å²) in [5.41, 5.74) is -0.358. The lowest BCUT2D eigenvalue weighted by Gasteiger charge is -2.21. The highest BCUT2D eigenvalue weighted by molar-refractivity contribution is 7.89. The number of aromatic nitrogens is 2. The van der Waals surface area contributed by atoms with E-state index in [0.717, 1.165) is 10.7 Å². The average Bonchev–Trinajstić information content (AvgIpc) is 2.77. The molecule has 0 aliphatic carbocycles. The number of sulfonamides is 1. The molecule has 1 aromatic rings. The number of carboxylic acids is 1. The van der Waals surface area contributed by atoms with Crippen molar-refractivity contribution in [2.75, 3.05) is 19.7 Å². The van der Waals surface area contributed by atoms with Gasteiger partial charge >= 0.3 is 5.97 Å². The van der Waals surface area contributed by atoms with Gasteiger partial charge in [0.25, 0.3) is 0 Å². The van der Waals surface area contributed by atoms with Gasteiger partial charge in [0.15, 0.2) is 5.69 Å². The minimum Gasteiger partial charge on any atom is -0.476 e. The molecule has 0 aliphatic rings. The summed E-state index contributed by atoms with van der Waals surface area (Å²) in [6.07, 6.45) is 1.41. The van der Waals surface area contributed by atoms with E-state index in [1.807, 2.05) is 6.92 Å². The van der Waals surface area contributed by atoms with Crippen LogP contribution in [-0.2, 0) is 10.0 Å². The first-order valence-electron chi connectivity index (χ1n) is 6.25. The number of rotatable bonds is 8. The zero-order valence-corrected chi connectivity index (χ0v) is 12.3. The Balaban J connectivity index is 3.25. The lowest BCUT2D eigenvalue weighted by Crippen LogP contribution is -2.35. The molecule has 0 bridgehead atoms. The molecule has 0 saturated carbocycles. The number of H-pyrrole nitrogens is 1. The van der Waals surface area contributed by atoms with E-state index < -0.39 is 21.7 Å². The summed E-state index contributed by atoms with van der Waals surface area (Å²) in [7, 11) is -4.00. The van der Waals surface area contributed by atoms with Gasteiger partial charge in [-0.15, -0.1) is 0 Å². The quantitative estimate of drug-likeness (QED) is 0.630. The van der Waals surface area contributed by atoms with E-state index in [1.165, 1.54) is 6.92 Å². The van der Waals surface area contributed by atoms with Crippen molar-refractivity contribution >= 4 is 16.0 Å². The summed E-state index contributed by atoms with van der Waals surface area (Å²) in [6.45, 7) is 3.18. The number of hydrogen-bond donors (Lipinski definition) is 3. The average molecular weight is 305 g/mol. The Morgan fingerprint density at radius 1 is 1.40 bits per heavy atom. The van der Waals surface area contributed by atoms with Crippen LogP contribution in [0.25, 0.3) is 0 Å². The van der Waals surface area contributed by atoms with Gasteiger partial charge in [-0.1, -0.05) is 13.3 Å². The van der Waals surface area contributed by atoms with E-state index in [-0.39, 0.29) is 30.3 Å². The SMILES string of the molecule is CCCCN(CCO)S(=O)(=O)c1c(C(=O)O)n[nH]c1C. The summed E-state index contributed by atoms with van der Waals surface area (Å²) in [5.74, 6) is -1.41. The Kier molecular flexibility index (Phi) is 5.66. The van der Waals surface area contributed by atoms with Crippen molar-refractivity contribution in [1.82, 2.24) is 14.5 Å². The molecule has 1 aromatic heterocycles. The van der Waals surface area contributed by atoms with Gasteiger partial charge in [-0.25, -0.2) is 13.2 Å². The lowest BCUT2D eigenvalue weighted by molar-refractivity contribution is 0.0686. The third-order valence-electron chi connectivity index (χ3n) is 2.80. The van der Waals surface area contributed by atoms with E-state index in [1.54, 1.807) is 0 Å². The first kappa shape index (κ1) is 16.6. The van der Waals surface area contributed by atoms with Gasteiger partial charge in [0.2, 0.25) is 10.0 Å². The second kappa shape index (κ2) is 6.82. The van der Waals surface area contributed by atoms with Gasteiger partial charge in [-0.05, 0) is 13.3 Å². The zero-order valence-electron chi connectivity index (χ0n) is 11.5. The number of nitrogens with one attached hydrogen (secondary N) is 1. The normalized spacial score (nSPS) is 12.0. The largest absolute Gasteiger partial charge is 0.476 e. The van der Waals surface area contributed by atoms with E-state index in [9.17, 15) is 13.2 Å². The second-order valence-corrected chi connectivity index (χ2v) is 6.19. The molecule has 9 heteroatoms. The number of unbranched alkanes of at least 4 members (excludes halogenated alkanes) is 1. The maximum atomic E-state index is 12.5. The number of aromatic amines is 1. The highest BCUT2D eigenvalue weighted by atomic mass is 32.2. The maximum Gasteiger partial charge on any atom is 0.357 e. The van der Waals surface area contributed by atoms with Crippen LogP contribution >= 0.6 is 0 Å². The second-order valence-electron chi connectivity index (χ2n) is 4.31. The first-order chi connectivity index (χ1) is 9.36. The molecule has 0 aliphatic heterocycles. The fourth-order valence-corrected chi connectivity index (χ4v) is 3.57. The lowest BCUT2D eigenvalue weighted by atomic mass is 10.3. The zero-order chi connectivity index (χ0) is 15.3. The molecule has 0 unspecified atom stereocenters.